The van der Waals surface area contributed by atoms with E-state index in [9.17, 15) is 10.2 Å². The molecule has 3 N–H and O–H groups in total. The third kappa shape index (κ3) is 3.63. The number of benzene rings is 2. The first-order chi connectivity index (χ1) is 12.9. The molecule has 0 fully saturated rings. The highest BCUT2D eigenvalue weighted by Crippen LogP contribution is 2.38. The van der Waals surface area contributed by atoms with Crippen LogP contribution in [0, 0.1) is 4.77 Å². The monoisotopic (exact) mass is 497 g/mol. The van der Waals surface area contributed by atoms with Gasteiger partial charge in [0.2, 0.25) is 0 Å². The van der Waals surface area contributed by atoms with Crippen LogP contribution in [0.2, 0.25) is 0 Å². The second-order valence-corrected chi connectivity index (χ2v) is 7.12. The van der Waals surface area contributed by atoms with E-state index in [0.717, 1.165) is 16.9 Å². The van der Waals surface area contributed by atoms with E-state index in [4.69, 9.17) is 15.3 Å². The molecule has 0 aliphatic heterocycles. The first kappa shape index (κ1) is 19.6. The van der Waals surface area contributed by atoms with E-state index in [0.29, 0.717) is 28.2 Å². The van der Waals surface area contributed by atoms with Crippen molar-refractivity contribution in [2.75, 3.05) is 19.0 Å². The molecule has 3 rings (SSSR count). The highest BCUT2D eigenvalue weighted by molar-refractivity contribution is 14.1. The van der Waals surface area contributed by atoms with Crippen LogP contribution in [0.25, 0.3) is 16.9 Å². The first-order valence-corrected chi connectivity index (χ1v) is 9.62. The van der Waals surface area contributed by atoms with Gasteiger partial charge in [0.15, 0.2) is 33.5 Å². The molecule has 0 saturated carbocycles. The van der Waals surface area contributed by atoms with Crippen molar-refractivity contribution in [3.63, 3.8) is 0 Å². The average molecular weight is 497 g/mol. The molecule has 6 nitrogen and oxygen atoms in total. The van der Waals surface area contributed by atoms with E-state index in [1.54, 1.807) is 12.3 Å². The van der Waals surface area contributed by atoms with Gasteiger partial charge in [-0.15, -0.1) is 0 Å². The molecule has 0 amide bonds. The van der Waals surface area contributed by atoms with Crippen molar-refractivity contribution in [1.29, 1.82) is 0 Å². The van der Waals surface area contributed by atoms with Gasteiger partial charge in [-0.3, -0.25) is 4.57 Å². The summed E-state index contributed by atoms with van der Waals surface area (Å²) in [7, 11) is 3.89. The molecular formula is C19H20IN3O3S. The van der Waals surface area contributed by atoms with Gasteiger partial charge in [0.1, 0.15) is 11.5 Å². The van der Waals surface area contributed by atoms with Crippen molar-refractivity contribution in [2.24, 2.45) is 0 Å². The summed E-state index contributed by atoms with van der Waals surface area (Å²) in [5.41, 5.74) is 3.78. The van der Waals surface area contributed by atoms with Crippen LogP contribution in [0.1, 0.15) is 12.5 Å². The fraction of sp³-hybridized carbons (Fsp3) is 0.211. The van der Waals surface area contributed by atoms with Crippen LogP contribution in [0.4, 0.5) is 5.69 Å². The number of aryl methyl sites for hydroxylation is 1. The number of halogens is 1. The summed E-state index contributed by atoms with van der Waals surface area (Å²) >= 11 is 7.33. The second kappa shape index (κ2) is 7.81. The lowest BCUT2D eigenvalue weighted by Crippen LogP contribution is -2.10. The summed E-state index contributed by atoms with van der Waals surface area (Å²) in [4.78, 5) is 5.01. The number of phenolic OH excluding ortho intramolecular Hbond substituents is 2. The van der Waals surface area contributed by atoms with E-state index in [2.05, 4.69) is 4.98 Å². The quantitative estimate of drug-likeness (QED) is 0.343. The summed E-state index contributed by atoms with van der Waals surface area (Å²) in [6, 6.07) is 8.94. The Balaban J connectivity index is 2.22. The summed E-state index contributed by atoms with van der Waals surface area (Å²) in [6.07, 6.45) is 2.40. The fourth-order valence-electron chi connectivity index (χ4n) is 3.01. The Morgan fingerprint density at radius 2 is 1.93 bits per heavy atom. The van der Waals surface area contributed by atoms with Crippen LogP contribution < -0.4 is 7.97 Å². The van der Waals surface area contributed by atoms with Crippen molar-refractivity contribution in [1.82, 2.24) is 9.55 Å². The molecule has 0 aliphatic rings. The van der Waals surface area contributed by atoms with Crippen LogP contribution in [0.15, 0.2) is 36.5 Å². The molecule has 1 aromatic heterocycles. The van der Waals surface area contributed by atoms with Crippen LogP contribution in [-0.2, 0) is 6.42 Å². The molecule has 0 aliphatic carbocycles. The molecule has 0 radical (unpaired) electrons. The average Bonchev–Trinajstić information content (AvgIpc) is 3.02. The van der Waals surface area contributed by atoms with Crippen molar-refractivity contribution in [3.8, 4) is 34.2 Å². The van der Waals surface area contributed by atoms with Gasteiger partial charge in [-0.25, -0.2) is 0 Å². The molecule has 3 aromatic rings. The number of imidazole rings is 1. The lowest BCUT2D eigenvalue weighted by Gasteiger charge is -2.18. The van der Waals surface area contributed by atoms with Crippen LogP contribution in [0.3, 0.4) is 0 Å². The largest absolute Gasteiger partial charge is 0.508 e. The van der Waals surface area contributed by atoms with Crippen molar-refractivity contribution in [3.05, 3.63) is 46.9 Å². The predicted octanol–water partition coefficient (Wildman–Crippen LogP) is 4.97. The number of rotatable bonds is 5. The Hall–Kier alpha value is -2.20. The van der Waals surface area contributed by atoms with E-state index in [-0.39, 0.29) is 11.5 Å². The second-order valence-electron chi connectivity index (χ2n) is 6.29. The zero-order valence-corrected chi connectivity index (χ0v) is 18.1. The molecule has 27 heavy (non-hydrogen) atoms. The Morgan fingerprint density at radius 1 is 1.19 bits per heavy atom. The number of aromatic nitrogens is 2. The maximum absolute atomic E-state index is 10.4. The summed E-state index contributed by atoms with van der Waals surface area (Å²) in [6.45, 7) is 1.95. The number of phenols is 2. The molecule has 0 saturated heterocycles. The molecule has 1 heterocycles. The topological polar surface area (TPSA) is 73.7 Å². The van der Waals surface area contributed by atoms with Gasteiger partial charge in [-0.1, -0.05) is 6.92 Å². The fourth-order valence-corrected chi connectivity index (χ4v) is 3.62. The van der Waals surface area contributed by atoms with Crippen LogP contribution >= 0.6 is 35.2 Å². The zero-order valence-electron chi connectivity index (χ0n) is 15.2. The normalized spacial score (nSPS) is 10.8. The van der Waals surface area contributed by atoms with Crippen molar-refractivity contribution >= 4 is 40.9 Å². The predicted molar refractivity (Wildman–Crippen MR) is 118 cm³/mol. The van der Waals surface area contributed by atoms with Crippen molar-refractivity contribution < 1.29 is 13.3 Å². The summed E-state index contributed by atoms with van der Waals surface area (Å²) in [5.74, 6) is 0.773. The molecular weight excluding hydrogens is 477 g/mol. The lowest BCUT2D eigenvalue weighted by atomic mass is 10.0. The van der Waals surface area contributed by atoms with Gasteiger partial charge in [0, 0.05) is 38.0 Å². The van der Waals surface area contributed by atoms with E-state index < -0.39 is 0 Å². The zero-order chi connectivity index (χ0) is 19.7. The van der Waals surface area contributed by atoms with Gasteiger partial charge < -0.3 is 23.2 Å². The number of nitrogens with one attached hydrogen (secondary N) is 1. The van der Waals surface area contributed by atoms with E-state index in [1.807, 2.05) is 71.7 Å². The lowest BCUT2D eigenvalue weighted by molar-refractivity contribution is 0.447. The molecule has 8 heteroatoms. The summed E-state index contributed by atoms with van der Waals surface area (Å²) < 4.78 is 7.82. The molecule has 2 aromatic carbocycles. The molecule has 0 spiro atoms. The van der Waals surface area contributed by atoms with Gasteiger partial charge in [0.25, 0.3) is 0 Å². The SMILES string of the molecule is CCc1cc(-c2c[nH]c(=S)n2-c2ccc(N(C)C)c(OI)c2)c(O)cc1O. The van der Waals surface area contributed by atoms with Crippen molar-refractivity contribution in [2.45, 2.75) is 13.3 Å². The number of H-pyrrole nitrogens is 1. The maximum atomic E-state index is 10.4. The minimum absolute atomic E-state index is 0.0114. The van der Waals surface area contributed by atoms with Gasteiger partial charge in [0.05, 0.1) is 17.1 Å². The number of hydrogen-bond donors (Lipinski definition) is 3. The minimum Gasteiger partial charge on any atom is -0.508 e. The van der Waals surface area contributed by atoms with Gasteiger partial charge >= 0.3 is 0 Å². The Morgan fingerprint density at radius 3 is 2.56 bits per heavy atom. The third-order valence-corrected chi connectivity index (χ3v) is 5.17. The standard InChI is InChI=1S/C19H20IN3O3S/c1-4-11-7-13(17(25)9-16(11)24)15-10-21-19(27)23(15)12-5-6-14(22(2)3)18(8-12)26-20/h5-10,24-25H,4H2,1-3H3,(H,21,27). The van der Waals surface area contributed by atoms with E-state index in [1.165, 1.54) is 6.07 Å². The van der Waals surface area contributed by atoms with E-state index >= 15 is 0 Å². The van der Waals surface area contributed by atoms with Gasteiger partial charge in [-0.05, 0) is 42.4 Å². The highest BCUT2D eigenvalue weighted by Gasteiger charge is 2.17. The number of aromatic hydroxyl groups is 2. The highest BCUT2D eigenvalue weighted by atomic mass is 127. The molecule has 0 unspecified atom stereocenters. The number of nitrogens with zero attached hydrogens (tertiary/aromatic N) is 2. The minimum atomic E-state index is -0.0114. The number of hydrogen-bond acceptors (Lipinski definition) is 5. The van der Waals surface area contributed by atoms with Crippen LogP contribution in [0.5, 0.6) is 17.2 Å². The molecule has 0 bridgehead atoms. The third-order valence-electron chi connectivity index (χ3n) is 4.40. The van der Waals surface area contributed by atoms with Crippen LogP contribution in [-0.4, -0.2) is 33.9 Å². The smallest absolute Gasteiger partial charge is 0.192 e. The Bertz CT molecular complexity index is 1040. The maximum Gasteiger partial charge on any atom is 0.192 e. The number of aromatic amines is 1. The summed E-state index contributed by atoms with van der Waals surface area (Å²) in [5, 5.41) is 20.4. The number of anilines is 1. The Kier molecular flexibility index (Phi) is 5.66. The molecule has 0 atom stereocenters. The van der Waals surface area contributed by atoms with Gasteiger partial charge in [-0.2, -0.15) is 0 Å². The molecule has 142 valence electrons. The Labute approximate surface area is 176 Å². The first-order valence-electron chi connectivity index (χ1n) is 8.33.